The van der Waals surface area contributed by atoms with Gasteiger partial charge in [0.05, 0.1) is 11.4 Å². The maximum Gasteiger partial charge on any atom is 0.181 e. The number of nitrogens with zero attached hydrogens (tertiary/aromatic N) is 3. The Hall–Kier alpha value is -5.09. The van der Waals surface area contributed by atoms with Gasteiger partial charge in [-0.25, -0.2) is 9.67 Å². The van der Waals surface area contributed by atoms with Crippen LogP contribution in [0, 0.1) is 0 Å². The van der Waals surface area contributed by atoms with Gasteiger partial charge in [0.25, 0.3) is 0 Å². The average molecular weight is 506 g/mol. The van der Waals surface area contributed by atoms with Gasteiger partial charge >= 0.3 is 0 Å². The van der Waals surface area contributed by atoms with Gasteiger partial charge in [0.2, 0.25) is 0 Å². The van der Waals surface area contributed by atoms with Crippen molar-refractivity contribution >= 4 is 23.4 Å². The Morgan fingerprint density at radius 3 is 1.92 bits per heavy atom. The van der Waals surface area contributed by atoms with Gasteiger partial charge in [-0.1, -0.05) is 115 Å². The zero-order chi connectivity index (χ0) is 26.4. The van der Waals surface area contributed by atoms with Crippen LogP contribution < -0.4 is 0 Å². The summed E-state index contributed by atoms with van der Waals surface area (Å²) in [6.07, 6.45) is 6.40. The molecule has 0 unspecified atom stereocenters. The van der Waals surface area contributed by atoms with E-state index in [2.05, 4.69) is 79.0 Å². The Morgan fingerprint density at radius 2 is 1.28 bits per heavy atom. The zero-order valence-electron chi connectivity index (χ0n) is 21.4. The van der Waals surface area contributed by atoms with Crippen LogP contribution in [0.1, 0.15) is 23.1 Å². The second-order valence-electron chi connectivity index (χ2n) is 9.44. The lowest BCUT2D eigenvalue weighted by molar-refractivity contribution is -0.107. The number of hydrogen-bond acceptors (Lipinski definition) is 2. The maximum absolute atomic E-state index is 10.8. The molecule has 0 radical (unpaired) electrons. The third-order valence-electron chi connectivity index (χ3n) is 6.81. The van der Waals surface area contributed by atoms with Crippen molar-refractivity contribution in [2.24, 2.45) is 10.1 Å². The standard InChI is InChI=1S/C35H27N3O/c39-22-10-11-26-18-20-28(21-19-26)32-24-33(29-14-6-2-7-15-29)36-35(32)37-38-25-31(27-12-4-1-5-13-27)23-34(38)30-16-8-3-9-17-30/h1-9,12-25H,10-11H2/b37-35-. The van der Waals surface area contributed by atoms with Gasteiger partial charge in [-0.15, -0.1) is 5.10 Å². The molecule has 1 aliphatic rings. The van der Waals surface area contributed by atoms with Crippen molar-refractivity contribution < 1.29 is 4.79 Å². The molecule has 0 atom stereocenters. The fourth-order valence-corrected chi connectivity index (χ4v) is 4.78. The minimum absolute atomic E-state index is 0.523. The van der Waals surface area contributed by atoms with E-state index in [0.29, 0.717) is 12.3 Å². The summed E-state index contributed by atoms with van der Waals surface area (Å²) in [4.78, 5) is 15.8. The molecule has 0 aliphatic carbocycles. The average Bonchev–Trinajstić information content (AvgIpc) is 3.63. The van der Waals surface area contributed by atoms with Crippen LogP contribution in [-0.2, 0) is 11.2 Å². The molecule has 4 heteroatoms. The Morgan fingerprint density at radius 1 is 0.667 bits per heavy atom. The number of rotatable bonds is 8. The van der Waals surface area contributed by atoms with Crippen LogP contribution in [0.15, 0.2) is 144 Å². The third-order valence-corrected chi connectivity index (χ3v) is 6.81. The highest BCUT2D eigenvalue weighted by atomic mass is 16.1. The summed E-state index contributed by atoms with van der Waals surface area (Å²) in [5.41, 5.74) is 9.36. The van der Waals surface area contributed by atoms with E-state index in [9.17, 15) is 4.79 Å². The molecular formula is C35H27N3O. The summed E-state index contributed by atoms with van der Waals surface area (Å²) in [7, 11) is 0. The van der Waals surface area contributed by atoms with Gasteiger partial charge in [0.1, 0.15) is 6.29 Å². The number of aryl methyl sites for hydroxylation is 1. The molecule has 1 aromatic heterocycles. The van der Waals surface area contributed by atoms with Gasteiger partial charge in [-0.05, 0) is 35.3 Å². The van der Waals surface area contributed by atoms with Crippen molar-refractivity contribution in [3.05, 3.63) is 150 Å². The highest BCUT2D eigenvalue weighted by Crippen LogP contribution is 2.31. The van der Waals surface area contributed by atoms with Gasteiger partial charge in [0.15, 0.2) is 5.84 Å². The number of aldehydes is 1. The molecule has 1 aliphatic heterocycles. The second-order valence-corrected chi connectivity index (χ2v) is 9.44. The zero-order valence-corrected chi connectivity index (χ0v) is 21.4. The van der Waals surface area contributed by atoms with E-state index in [1.54, 1.807) is 0 Å². The van der Waals surface area contributed by atoms with Crippen molar-refractivity contribution in [3.8, 4) is 22.4 Å². The maximum atomic E-state index is 10.8. The Labute approximate surface area is 228 Å². The lowest BCUT2D eigenvalue weighted by Gasteiger charge is -2.08. The number of amidine groups is 1. The molecule has 188 valence electrons. The van der Waals surface area contributed by atoms with Crippen LogP contribution in [0.25, 0.3) is 28.0 Å². The molecule has 39 heavy (non-hydrogen) atoms. The minimum Gasteiger partial charge on any atom is -0.303 e. The summed E-state index contributed by atoms with van der Waals surface area (Å²) < 4.78 is 1.94. The number of hydrogen-bond donors (Lipinski definition) is 0. The molecule has 6 rings (SSSR count). The summed E-state index contributed by atoms with van der Waals surface area (Å²) in [5.74, 6) is 0.655. The van der Waals surface area contributed by atoms with Crippen LogP contribution >= 0.6 is 0 Å². The summed E-state index contributed by atoms with van der Waals surface area (Å²) in [6.45, 7) is 0. The normalized spacial score (nSPS) is 13.8. The number of aliphatic imine (C=N–C) groups is 1. The smallest absolute Gasteiger partial charge is 0.181 e. The highest BCUT2D eigenvalue weighted by Gasteiger charge is 2.20. The second kappa shape index (κ2) is 11.1. The van der Waals surface area contributed by atoms with Crippen molar-refractivity contribution in [1.29, 1.82) is 0 Å². The predicted octanol–water partition coefficient (Wildman–Crippen LogP) is 7.70. The third kappa shape index (κ3) is 5.32. The molecule has 4 nitrogen and oxygen atoms in total. The fraction of sp³-hybridized carbons (Fsp3) is 0.0571. The lowest BCUT2D eigenvalue weighted by atomic mass is 10.0. The number of carbonyl (C=O) groups is 1. The Kier molecular flexibility index (Phi) is 6.91. The first-order valence-electron chi connectivity index (χ1n) is 13.1. The highest BCUT2D eigenvalue weighted by molar-refractivity contribution is 6.37. The van der Waals surface area contributed by atoms with Crippen molar-refractivity contribution in [3.63, 3.8) is 0 Å². The molecule has 0 saturated carbocycles. The van der Waals surface area contributed by atoms with Crippen LogP contribution in [0.4, 0.5) is 0 Å². The van der Waals surface area contributed by atoms with Gasteiger partial charge in [-0.3, -0.25) is 0 Å². The largest absolute Gasteiger partial charge is 0.303 e. The molecule has 0 bridgehead atoms. The summed E-state index contributed by atoms with van der Waals surface area (Å²) in [6, 6.07) is 41.4. The van der Waals surface area contributed by atoms with Gasteiger partial charge in [0, 0.05) is 34.9 Å². The van der Waals surface area contributed by atoms with Crippen molar-refractivity contribution in [1.82, 2.24) is 4.68 Å². The van der Waals surface area contributed by atoms with E-state index in [1.807, 2.05) is 59.3 Å². The molecule has 0 saturated heterocycles. The molecule has 2 heterocycles. The van der Waals surface area contributed by atoms with Crippen LogP contribution in [-0.4, -0.2) is 22.5 Å². The Balaban J connectivity index is 1.47. The van der Waals surface area contributed by atoms with E-state index in [-0.39, 0.29) is 0 Å². The number of benzene rings is 4. The number of carbonyl (C=O) groups excluding carboxylic acids is 1. The first kappa shape index (κ1) is 24.3. The first-order valence-corrected chi connectivity index (χ1v) is 13.1. The quantitative estimate of drug-likeness (QED) is 0.199. The van der Waals surface area contributed by atoms with Crippen molar-refractivity contribution in [2.45, 2.75) is 12.8 Å². The van der Waals surface area contributed by atoms with Crippen molar-refractivity contribution in [2.75, 3.05) is 0 Å². The predicted molar refractivity (Wildman–Crippen MR) is 160 cm³/mol. The van der Waals surface area contributed by atoms with Gasteiger partial charge in [-0.2, -0.15) is 0 Å². The topological polar surface area (TPSA) is 46.7 Å². The van der Waals surface area contributed by atoms with Crippen LogP contribution in [0.3, 0.4) is 0 Å². The molecule has 5 aromatic rings. The van der Waals surface area contributed by atoms with E-state index in [0.717, 1.165) is 63.1 Å². The molecule has 0 N–H and O–H groups in total. The molecular weight excluding hydrogens is 478 g/mol. The molecule has 4 aromatic carbocycles. The Bertz CT molecular complexity index is 1680. The van der Waals surface area contributed by atoms with E-state index < -0.39 is 0 Å². The monoisotopic (exact) mass is 505 g/mol. The summed E-state index contributed by atoms with van der Waals surface area (Å²) in [5, 5.41) is 5.12. The van der Waals surface area contributed by atoms with Crippen LogP contribution in [0.2, 0.25) is 0 Å². The molecule has 0 amide bonds. The van der Waals surface area contributed by atoms with E-state index in [4.69, 9.17) is 10.1 Å². The summed E-state index contributed by atoms with van der Waals surface area (Å²) >= 11 is 0. The number of aromatic nitrogens is 1. The first-order chi connectivity index (χ1) is 19.3. The molecule has 0 spiro atoms. The van der Waals surface area contributed by atoms with Gasteiger partial charge < -0.3 is 4.79 Å². The SMILES string of the molecule is O=CCCc1ccc(C2=CC(c3ccccc3)=N/C2=N\n2cc(-c3ccccc3)cc2-c2ccccc2)cc1. The van der Waals surface area contributed by atoms with Crippen LogP contribution in [0.5, 0.6) is 0 Å². The molecule has 0 fully saturated rings. The lowest BCUT2D eigenvalue weighted by Crippen LogP contribution is -2.01. The van der Waals surface area contributed by atoms with E-state index >= 15 is 0 Å². The minimum atomic E-state index is 0.523. The fourth-order valence-electron chi connectivity index (χ4n) is 4.78. The van der Waals surface area contributed by atoms with E-state index in [1.165, 1.54) is 0 Å². The number of allylic oxidation sites excluding steroid dienone is 1.